The Morgan fingerprint density at radius 3 is 2.54 bits per heavy atom. The Bertz CT molecular complexity index is 1210. The van der Waals surface area contributed by atoms with E-state index in [0.717, 1.165) is 17.4 Å². The molecule has 1 atom stereocenters. The van der Waals surface area contributed by atoms with E-state index in [9.17, 15) is 13.2 Å². The van der Waals surface area contributed by atoms with E-state index in [4.69, 9.17) is 9.47 Å². The van der Waals surface area contributed by atoms with E-state index < -0.39 is 9.84 Å². The predicted octanol–water partition coefficient (Wildman–Crippen LogP) is 2.78. The standard InChI is InChI=1S/C21H21NO5S/c1-22-12-19(16-5-3-4-6-17(16)21(22)23)18-11-15(28(2,24)25)7-8-20(18)27-14-9-10-26-13-14/h3-8,11-12,14H,9-10,13H2,1-2H3. The molecule has 1 fully saturated rings. The number of aryl methyl sites for hydroxylation is 1. The third-order valence-corrected chi connectivity index (χ3v) is 6.05. The van der Waals surface area contributed by atoms with Crippen LogP contribution in [0.4, 0.5) is 0 Å². The van der Waals surface area contributed by atoms with Gasteiger partial charge in [-0.05, 0) is 29.7 Å². The quantitative estimate of drug-likeness (QED) is 0.674. The first-order valence-electron chi connectivity index (χ1n) is 9.02. The van der Waals surface area contributed by atoms with Gasteiger partial charge in [0.05, 0.1) is 18.1 Å². The van der Waals surface area contributed by atoms with Crippen LogP contribution in [0, 0.1) is 0 Å². The fourth-order valence-electron chi connectivity index (χ4n) is 3.47. The van der Waals surface area contributed by atoms with E-state index in [1.165, 1.54) is 10.8 Å². The van der Waals surface area contributed by atoms with Crippen LogP contribution >= 0.6 is 0 Å². The minimum atomic E-state index is -3.40. The summed E-state index contributed by atoms with van der Waals surface area (Å²) >= 11 is 0. The Morgan fingerprint density at radius 2 is 1.86 bits per heavy atom. The summed E-state index contributed by atoms with van der Waals surface area (Å²) in [7, 11) is -1.71. The smallest absolute Gasteiger partial charge is 0.258 e. The van der Waals surface area contributed by atoms with E-state index in [0.29, 0.717) is 29.9 Å². The normalized spacial score (nSPS) is 17.1. The van der Waals surface area contributed by atoms with E-state index in [1.807, 2.05) is 18.2 Å². The average molecular weight is 399 g/mol. The highest BCUT2D eigenvalue weighted by molar-refractivity contribution is 7.90. The number of hydrogen-bond donors (Lipinski definition) is 0. The fraction of sp³-hybridized carbons (Fsp3) is 0.286. The molecule has 4 rings (SSSR count). The first kappa shape index (κ1) is 18.7. The van der Waals surface area contributed by atoms with Crippen molar-refractivity contribution in [2.45, 2.75) is 17.4 Å². The molecule has 1 aromatic heterocycles. The third-order valence-electron chi connectivity index (χ3n) is 4.94. The molecule has 1 aliphatic heterocycles. The molecule has 2 aromatic carbocycles. The van der Waals surface area contributed by atoms with Gasteiger partial charge in [0.2, 0.25) is 0 Å². The number of aromatic nitrogens is 1. The maximum atomic E-state index is 12.5. The molecule has 1 saturated heterocycles. The molecule has 0 bridgehead atoms. The largest absolute Gasteiger partial charge is 0.487 e. The van der Waals surface area contributed by atoms with Gasteiger partial charge in [-0.25, -0.2) is 8.42 Å². The summed E-state index contributed by atoms with van der Waals surface area (Å²) in [6.07, 6.45) is 3.60. The number of fused-ring (bicyclic) bond motifs is 1. The van der Waals surface area contributed by atoms with Crippen molar-refractivity contribution in [3.8, 4) is 16.9 Å². The first-order valence-corrected chi connectivity index (χ1v) is 10.9. The summed E-state index contributed by atoms with van der Waals surface area (Å²) < 4.78 is 37.3. The summed E-state index contributed by atoms with van der Waals surface area (Å²) in [5.41, 5.74) is 1.28. The number of pyridine rings is 1. The van der Waals surface area contributed by atoms with Crippen LogP contribution in [0.15, 0.2) is 58.4 Å². The lowest BCUT2D eigenvalue weighted by atomic mass is 9.99. The summed E-state index contributed by atoms with van der Waals surface area (Å²) in [5, 5.41) is 1.33. The lowest BCUT2D eigenvalue weighted by Gasteiger charge is -2.18. The van der Waals surface area contributed by atoms with Gasteiger partial charge in [-0.2, -0.15) is 0 Å². The summed E-state index contributed by atoms with van der Waals surface area (Å²) in [6.45, 7) is 1.14. The van der Waals surface area contributed by atoms with Gasteiger partial charge >= 0.3 is 0 Å². The molecule has 0 aliphatic carbocycles. The van der Waals surface area contributed by atoms with Gasteiger partial charge in [0.1, 0.15) is 11.9 Å². The van der Waals surface area contributed by atoms with Crippen molar-refractivity contribution in [1.82, 2.24) is 4.57 Å². The predicted molar refractivity (Wildman–Crippen MR) is 108 cm³/mol. The molecule has 2 heterocycles. The van der Waals surface area contributed by atoms with Gasteiger partial charge in [-0.1, -0.05) is 18.2 Å². The van der Waals surface area contributed by atoms with E-state index >= 15 is 0 Å². The van der Waals surface area contributed by atoms with Crippen molar-refractivity contribution < 1.29 is 17.9 Å². The number of sulfone groups is 1. The Kier molecular flexibility index (Phi) is 4.72. The molecule has 0 N–H and O–H groups in total. The van der Waals surface area contributed by atoms with Crippen molar-refractivity contribution in [2.75, 3.05) is 19.5 Å². The lowest BCUT2D eigenvalue weighted by molar-refractivity contribution is 0.141. The Balaban J connectivity index is 1.98. The Hall–Kier alpha value is -2.64. The maximum Gasteiger partial charge on any atom is 0.258 e. The topological polar surface area (TPSA) is 74.6 Å². The van der Waals surface area contributed by atoms with Gasteiger partial charge in [0.25, 0.3) is 5.56 Å². The molecule has 6 nitrogen and oxygen atoms in total. The van der Waals surface area contributed by atoms with Crippen molar-refractivity contribution in [3.63, 3.8) is 0 Å². The van der Waals surface area contributed by atoms with E-state index in [-0.39, 0.29) is 16.6 Å². The molecule has 3 aromatic rings. The fourth-order valence-corrected chi connectivity index (χ4v) is 4.12. The highest BCUT2D eigenvalue weighted by atomic mass is 32.2. The monoisotopic (exact) mass is 399 g/mol. The van der Waals surface area contributed by atoms with E-state index in [2.05, 4.69) is 0 Å². The molecule has 0 amide bonds. The SMILES string of the molecule is Cn1cc(-c2cc(S(C)(=O)=O)ccc2OC2CCOC2)c2ccccc2c1=O. The van der Waals surface area contributed by atoms with Gasteiger partial charge in [0.15, 0.2) is 9.84 Å². The molecule has 146 valence electrons. The lowest BCUT2D eigenvalue weighted by Crippen LogP contribution is -2.18. The Morgan fingerprint density at radius 1 is 1.11 bits per heavy atom. The van der Waals surface area contributed by atoms with Crippen LogP contribution in [-0.2, 0) is 21.6 Å². The number of ether oxygens (including phenoxy) is 2. The van der Waals surface area contributed by atoms with Crippen LogP contribution in [0.5, 0.6) is 5.75 Å². The van der Waals surface area contributed by atoms with Gasteiger partial charge in [-0.15, -0.1) is 0 Å². The molecular weight excluding hydrogens is 378 g/mol. The summed E-state index contributed by atoms with van der Waals surface area (Å²) in [4.78, 5) is 12.7. The van der Waals surface area contributed by atoms with Crippen LogP contribution < -0.4 is 10.3 Å². The van der Waals surface area contributed by atoms with Gasteiger partial charge in [-0.3, -0.25) is 4.79 Å². The molecule has 28 heavy (non-hydrogen) atoms. The third kappa shape index (κ3) is 3.43. The van der Waals surface area contributed by atoms with E-state index in [1.54, 1.807) is 37.5 Å². The van der Waals surface area contributed by atoms with Crippen molar-refractivity contribution in [2.24, 2.45) is 7.05 Å². The average Bonchev–Trinajstić information content (AvgIpc) is 3.17. The van der Waals surface area contributed by atoms with Crippen LogP contribution in [0.2, 0.25) is 0 Å². The maximum absolute atomic E-state index is 12.5. The second kappa shape index (κ2) is 7.07. The van der Waals surface area contributed by atoms with Crippen LogP contribution in [0.1, 0.15) is 6.42 Å². The zero-order valence-electron chi connectivity index (χ0n) is 15.7. The van der Waals surface area contributed by atoms with Gasteiger partial charge in [0, 0.05) is 42.4 Å². The first-order chi connectivity index (χ1) is 13.3. The second-order valence-corrected chi connectivity index (χ2v) is 9.05. The molecule has 1 unspecified atom stereocenters. The highest BCUT2D eigenvalue weighted by Gasteiger charge is 2.22. The Labute approximate surface area is 163 Å². The zero-order chi connectivity index (χ0) is 19.9. The highest BCUT2D eigenvalue weighted by Crippen LogP contribution is 2.37. The zero-order valence-corrected chi connectivity index (χ0v) is 16.5. The summed E-state index contributed by atoms with van der Waals surface area (Å²) in [6, 6.07) is 12.2. The van der Waals surface area contributed by atoms with Crippen molar-refractivity contribution >= 4 is 20.6 Å². The number of nitrogens with zero attached hydrogens (tertiary/aromatic N) is 1. The number of rotatable bonds is 4. The summed E-state index contributed by atoms with van der Waals surface area (Å²) in [5.74, 6) is 0.576. The van der Waals surface area contributed by atoms with Crippen molar-refractivity contribution in [3.05, 3.63) is 59.0 Å². The molecular formula is C21H21NO5S. The minimum absolute atomic E-state index is 0.0818. The van der Waals surface area contributed by atoms with Crippen molar-refractivity contribution in [1.29, 1.82) is 0 Å². The van der Waals surface area contributed by atoms with Crippen LogP contribution in [0.25, 0.3) is 21.9 Å². The molecule has 0 spiro atoms. The molecule has 0 saturated carbocycles. The van der Waals surface area contributed by atoms with Gasteiger partial charge < -0.3 is 14.0 Å². The molecule has 1 aliphatic rings. The second-order valence-electron chi connectivity index (χ2n) is 7.04. The van der Waals surface area contributed by atoms with Crippen LogP contribution in [0.3, 0.4) is 0 Å². The molecule has 7 heteroatoms. The minimum Gasteiger partial charge on any atom is -0.487 e. The molecule has 0 radical (unpaired) electrons. The van der Waals surface area contributed by atoms with Crippen LogP contribution in [-0.4, -0.2) is 38.6 Å². The number of benzene rings is 2. The number of hydrogen-bond acceptors (Lipinski definition) is 5.